The summed E-state index contributed by atoms with van der Waals surface area (Å²) in [5.74, 6) is -0.889. The third kappa shape index (κ3) is 64.9. The standard InChI is InChI=1S/C74H126O6/c1-4-7-10-13-16-19-22-25-27-29-31-33-34-35-36-37-38-39-40-42-43-45-47-49-52-55-58-61-64-67-73(76)79-70-71(69-78-72(75)66-63-60-57-54-51-24-21-18-15-12-9-6-3)80-74(77)68-65-62-59-56-53-50-48-46-44-41-32-30-28-26-23-20-17-14-11-8-5-2/h7,10,16,19,23,25-27,30-33,35-36,38-39,44,46,71H,4-6,8-9,11-15,17-18,20-22,24,28-29,34,37,40-43,45,47-70H2,1-3H3/b10-7-,19-16-,26-23-,27-25-,32-30-,33-31-,36-35-,39-38-,46-44-. The van der Waals surface area contributed by atoms with Gasteiger partial charge in [-0.3, -0.25) is 14.4 Å². The van der Waals surface area contributed by atoms with Crippen LogP contribution in [0, 0.1) is 0 Å². The molecule has 0 aromatic heterocycles. The Labute approximate surface area is 495 Å². The van der Waals surface area contributed by atoms with Gasteiger partial charge in [0, 0.05) is 19.3 Å². The lowest BCUT2D eigenvalue weighted by Crippen LogP contribution is -2.30. The Morgan fingerprint density at radius 2 is 0.487 bits per heavy atom. The van der Waals surface area contributed by atoms with E-state index in [1.165, 1.54) is 161 Å². The van der Waals surface area contributed by atoms with Gasteiger partial charge in [0.15, 0.2) is 6.10 Å². The molecule has 0 aliphatic carbocycles. The van der Waals surface area contributed by atoms with Gasteiger partial charge in [0.1, 0.15) is 13.2 Å². The van der Waals surface area contributed by atoms with Crippen molar-refractivity contribution >= 4 is 17.9 Å². The zero-order valence-electron chi connectivity index (χ0n) is 52.6. The number of hydrogen-bond acceptors (Lipinski definition) is 6. The maximum absolute atomic E-state index is 12.9. The SMILES string of the molecule is CC/C=C\C/C=C\C/C=C\C/C=C\C/C=C\C/C=C\CCCCCCCCCCCCC(=O)OCC(COC(=O)CCCCCCCCCCCCCC)OC(=O)CCCCCCCC/C=C\C/C=C\C/C=C\CCCCCCC. The number of carbonyl (C=O) groups is 3. The summed E-state index contributed by atoms with van der Waals surface area (Å²) < 4.78 is 16.9. The fourth-order valence-corrected chi connectivity index (χ4v) is 9.45. The van der Waals surface area contributed by atoms with Crippen molar-refractivity contribution in [1.82, 2.24) is 0 Å². The van der Waals surface area contributed by atoms with E-state index in [0.29, 0.717) is 19.3 Å². The molecular formula is C74H126O6. The third-order valence-corrected chi connectivity index (χ3v) is 14.5. The number of allylic oxidation sites excluding steroid dienone is 18. The van der Waals surface area contributed by atoms with Crippen LogP contribution in [0.5, 0.6) is 0 Å². The zero-order chi connectivity index (χ0) is 57.8. The lowest BCUT2D eigenvalue weighted by molar-refractivity contribution is -0.167. The summed E-state index contributed by atoms with van der Waals surface area (Å²) in [6, 6.07) is 0. The van der Waals surface area contributed by atoms with Gasteiger partial charge in [0.05, 0.1) is 0 Å². The maximum atomic E-state index is 12.9. The second-order valence-electron chi connectivity index (χ2n) is 22.4. The number of unbranched alkanes of at least 4 members (excludes halogenated alkanes) is 32. The molecule has 0 radical (unpaired) electrons. The largest absolute Gasteiger partial charge is 0.462 e. The van der Waals surface area contributed by atoms with E-state index in [0.717, 1.165) is 122 Å². The molecule has 0 rings (SSSR count). The van der Waals surface area contributed by atoms with Gasteiger partial charge < -0.3 is 14.2 Å². The second kappa shape index (κ2) is 67.6. The average molecular weight is 1110 g/mol. The van der Waals surface area contributed by atoms with Gasteiger partial charge in [0.2, 0.25) is 0 Å². The van der Waals surface area contributed by atoms with E-state index in [4.69, 9.17) is 14.2 Å². The second-order valence-corrected chi connectivity index (χ2v) is 22.4. The fraction of sp³-hybridized carbons (Fsp3) is 0.716. The third-order valence-electron chi connectivity index (χ3n) is 14.5. The van der Waals surface area contributed by atoms with E-state index in [1.54, 1.807) is 0 Å². The Kier molecular flexibility index (Phi) is 64.3. The summed E-state index contributed by atoms with van der Waals surface area (Å²) in [5.41, 5.74) is 0. The van der Waals surface area contributed by atoms with E-state index in [9.17, 15) is 14.4 Å². The number of ether oxygens (including phenoxy) is 3. The van der Waals surface area contributed by atoms with Gasteiger partial charge in [0.25, 0.3) is 0 Å². The first-order valence-electron chi connectivity index (χ1n) is 33.9. The molecule has 0 aromatic carbocycles. The fourth-order valence-electron chi connectivity index (χ4n) is 9.45. The minimum atomic E-state index is -0.788. The minimum Gasteiger partial charge on any atom is -0.462 e. The number of esters is 3. The van der Waals surface area contributed by atoms with Crippen molar-refractivity contribution in [3.05, 3.63) is 109 Å². The van der Waals surface area contributed by atoms with Crippen LogP contribution in [0.25, 0.3) is 0 Å². The topological polar surface area (TPSA) is 78.9 Å². The molecule has 458 valence electrons. The Hall–Kier alpha value is -3.93. The van der Waals surface area contributed by atoms with Gasteiger partial charge in [-0.15, -0.1) is 0 Å². The molecule has 0 fully saturated rings. The van der Waals surface area contributed by atoms with Gasteiger partial charge in [-0.2, -0.15) is 0 Å². The van der Waals surface area contributed by atoms with E-state index >= 15 is 0 Å². The first kappa shape index (κ1) is 76.1. The minimum absolute atomic E-state index is 0.0824. The van der Waals surface area contributed by atoms with Crippen molar-refractivity contribution in [2.75, 3.05) is 13.2 Å². The van der Waals surface area contributed by atoms with Crippen LogP contribution in [0.1, 0.15) is 323 Å². The quantitative estimate of drug-likeness (QED) is 0.0261. The highest BCUT2D eigenvalue weighted by atomic mass is 16.6. The lowest BCUT2D eigenvalue weighted by Gasteiger charge is -2.18. The predicted octanol–water partition coefficient (Wildman–Crippen LogP) is 23.4. The Bertz CT molecular complexity index is 1610. The molecule has 1 atom stereocenters. The van der Waals surface area contributed by atoms with Crippen LogP contribution in [0.4, 0.5) is 0 Å². The van der Waals surface area contributed by atoms with Crippen molar-refractivity contribution in [2.24, 2.45) is 0 Å². The molecular weight excluding hydrogens is 985 g/mol. The molecule has 0 aromatic rings. The molecule has 0 amide bonds. The van der Waals surface area contributed by atoms with E-state index in [-0.39, 0.29) is 31.1 Å². The Morgan fingerprint density at radius 1 is 0.263 bits per heavy atom. The van der Waals surface area contributed by atoms with Crippen LogP contribution < -0.4 is 0 Å². The van der Waals surface area contributed by atoms with Crippen LogP contribution in [0.3, 0.4) is 0 Å². The molecule has 0 aliphatic rings. The summed E-state index contributed by atoms with van der Waals surface area (Å²) in [6.45, 7) is 6.52. The van der Waals surface area contributed by atoms with Crippen LogP contribution in [0.2, 0.25) is 0 Å². The summed E-state index contributed by atoms with van der Waals surface area (Å²) in [5, 5.41) is 0. The molecule has 0 saturated carbocycles. The van der Waals surface area contributed by atoms with Crippen molar-refractivity contribution in [3.63, 3.8) is 0 Å². The first-order valence-corrected chi connectivity index (χ1v) is 33.9. The Balaban J connectivity index is 4.31. The molecule has 6 heteroatoms. The highest BCUT2D eigenvalue weighted by Gasteiger charge is 2.19. The van der Waals surface area contributed by atoms with Gasteiger partial charge >= 0.3 is 17.9 Å². The smallest absolute Gasteiger partial charge is 0.306 e. The van der Waals surface area contributed by atoms with E-state index in [2.05, 4.69) is 130 Å². The molecule has 80 heavy (non-hydrogen) atoms. The summed E-state index contributed by atoms with van der Waals surface area (Å²) in [7, 11) is 0. The van der Waals surface area contributed by atoms with Crippen LogP contribution >= 0.6 is 0 Å². The van der Waals surface area contributed by atoms with Crippen molar-refractivity contribution in [1.29, 1.82) is 0 Å². The van der Waals surface area contributed by atoms with Crippen molar-refractivity contribution in [3.8, 4) is 0 Å². The van der Waals surface area contributed by atoms with Gasteiger partial charge in [-0.25, -0.2) is 0 Å². The maximum Gasteiger partial charge on any atom is 0.306 e. The highest BCUT2D eigenvalue weighted by molar-refractivity contribution is 5.71. The van der Waals surface area contributed by atoms with Crippen LogP contribution in [-0.2, 0) is 28.6 Å². The first-order chi connectivity index (χ1) is 39.5. The van der Waals surface area contributed by atoms with Gasteiger partial charge in [-0.05, 0) is 109 Å². The number of carbonyl (C=O) groups excluding carboxylic acids is 3. The molecule has 0 spiro atoms. The monoisotopic (exact) mass is 1110 g/mol. The molecule has 0 aliphatic heterocycles. The number of hydrogen-bond donors (Lipinski definition) is 0. The zero-order valence-corrected chi connectivity index (χ0v) is 52.6. The lowest BCUT2D eigenvalue weighted by atomic mass is 10.0. The van der Waals surface area contributed by atoms with Crippen molar-refractivity contribution < 1.29 is 28.6 Å². The van der Waals surface area contributed by atoms with Crippen molar-refractivity contribution in [2.45, 2.75) is 329 Å². The Morgan fingerprint density at radius 3 is 0.762 bits per heavy atom. The van der Waals surface area contributed by atoms with Crippen LogP contribution in [0.15, 0.2) is 109 Å². The average Bonchev–Trinajstić information content (AvgIpc) is 3.46. The number of rotatable bonds is 61. The normalized spacial score (nSPS) is 12.8. The molecule has 1 unspecified atom stereocenters. The van der Waals surface area contributed by atoms with E-state index in [1.807, 2.05) is 0 Å². The summed E-state index contributed by atoms with van der Waals surface area (Å²) in [6.07, 6.45) is 92.4. The summed E-state index contributed by atoms with van der Waals surface area (Å²) in [4.78, 5) is 38.4. The molecule has 6 nitrogen and oxygen atoms in total. The van der Waals surface area contributed by atoms with Crippen LogP contribution in [-0.4, -0.2) is 37.2 Å². The highest BCUT2D eigenvalue weighted by Crippen LogP contribution is 2.16. The molecule has 0 N–H and O–H groups in total. The van der Waals surface area contributed by atoms with Gasteiger partial charge in [-0.1, -0.05) is 304 Å². The molecule has 0 saturated heterocycles. The predicted molar refractivity (Wildman–Crippen MR) is 348 cm³/mol. The molecule has 0 heterocycles. The van der Waals surface area contributed by atoms with E-state index < -0.39 is 6.10 Å². The summed E-state index contributed by atoms with van der Waals surface area (Å²) >= 11 is 0. The molecule has 0 bridgehead atoms.